The molecule has 0 bridgehead atoms. The standard InChI is InChI=1S/C7H4F3N5O2/c8-7(9,10)6(16)4-1-15(14-13-4)2-5-11-3-12-17-5/h1,3H,2H2. The van der Waals surface area contributed by atoms with Gasteiger partial charge in [-0.2, -0.15) is 18.2 Å². The largest absolute Gasteiger partial charge is 0.456 e. The number of Topliss-reactive ketones (excluding diaryl/α,β-unsaturated/α-hetero) is 1. The summed E-state index contributed by atoms with van der Waals surface area (Å²) < 4.78 is 41.8. The molecule has 0 saturated heterocycles. The van der Waals surface area contributed by atoms with Gasteiger partial charge < -0.3 is 4.52 Å². The summed E-state index contributed by atoms with van der Waals surface area (Å²) in [6.45, 7) is -0.0574. The Morgan fingerprint density at radius 1 is 1.47 bits per heavy atom. The molecule has 0 fully saturated rings. The number of halogens is 3. The molecule has 0 N–H and O–H groups in total. The van der Waals surface area contributed by atoms with Crippen LogP contribution in [0.5, 0.6) is 0 Å². The van der Waals surface area contributed by atoms with Crippen LogP contribution in [0.2, 0.25) is 0 Å². The van der Waals surface area contributed by atoms with Crippen molar-refractivity contribution in [2.75, 3.05) is 0 Å². The van der Waals surface area contributed by atoms with Crippen molar-refractivity contribution >= 4 is 5.78 Å². The zero-order valence-electron chi connectivity index (χ0n) is 8.05. The van der Waals surface area contributed by atoms with Gasteiger partial charge in [0.05, 0.1) is 6.20 Å². The Balaban J connectivity index is 2.14. The van der Waals surface area contributed by atoms with E-state index in [1.165, 1.54) is 0 Å². The molecule has 0 radical (unpaired) electrons. The summed E-state index contributed by atoms with van der Waals surface area (Å²) in [5.74, 6) is -1.91. The molecule has 2 heterocycles. The van der Waals surface area contributed by atoms with Crippen molar-refractivity contribution in [2.24, 2.45) is 0 Å². The van der Waals surface area contributed by atoms with Crippen molar-refractivity contribution in [1.82, 2.24) is 25.1 Å². The first-order valence-electron chi connectivity index (χ1n) is 4.24. The lowest BCUT2D eigenvalue weighted by molar-refractivity contribution is -0.0888. The molecule has 0 aliphatic heterocycles. The summed E-state index contributed by atoms with van der Waals surface area (Å²) in [5.41, 5.74) is -0.781. The maximum atomic E-state index is 12.1. The Morgan fingerprint density at radius 2 is 2.24 bits per heavy atom. The predicted octanol–water partition coefficient (Wildman–Crippen LogP) is 0.454. The van der Waals surface area contributed by atoms with Crippen molar-refractivity contribution < 1.29 is 22.5 Å². The number of nitrogens with zero attached hydrogens (tertiary/aromatic N) is 5. The molecule has 90 valence electrons. The maximum absolute atomic E-state index is 12.1. The van der Waals surface area contributed by atoms with E-state index in [1.807, 2.05) is 0 Å². The number of aromatic nitrogens is 5. The van der Waals surface area contributed by atoms with E-state index in [-0.39, 0.29) is 12.4 Å². The summed E-state index contributed by atoms with van der Waals surface area (Å²) in [6, 6.07) is 0. The highest BCUT2D eigenvalue weighted by atomic mass is 19.4. The van der Waals surface area contributed by atoms with Gasteiger partial charge >= 0.3 is 6.18 Å². The lowest BCUT2D eigenvalue weighted by atomic mass is 10.3. The van der Waals surface area contributed by atoms with Gasteiger partial charge in [-0.25, -0.2) is 4.68 Å². The van der Waals surface area contributed by atoms with Gasteiger partial charge in [0, 0.05) is 0 Å². The number of alkyl halides is 3. The lowest BCUT2D eigenvalue weighted by Crippen LogP contribution is -2.23. The fourth-order valence-electron chi connectivity index (χ4n) is 1.03. The fraction of sp³-hybridized carbons (Fsp3) is 0.286. The first-order chi connectivity index (χ1) is 7.97. The monoisotopic (exact) mass is 247 g/mol. The number of hydrogen-bond acceptors (Lipinski definition) is 6. The Bertz CT molecular complexity index is 518. The molecular formula is C7H4F3N5O2. The first kappa shape index (κ1) is 11.2. The normalized spacial score (nSPS) is 11.7. The Labute approximate surface area is 91.2 Å². The van der Waals surface area contributed by atoms with Crippen molar-refractivity contribution in [3.05, 3.63) is 24.1 Å². The molecule has 0 amide bonds. The van der Waals surface area contributed by atoms with E-state index in [1.54, 1.807) is 0 Å². The number of carbonyl (C=O) groups excluding carboxylic acids is 1. The van der Waals surface area contributed by atoms with Gasteiger partial charge in [-0.15, -0.1) is 5.10 Å². The van der Waals surface area contributed by atoms with E-state index in [2.05, 4.69) is 25.0 Å². The summed E-state index contributed by atoms with van der Waals surface area (Å²) in [7, 11) is 0. The zero-order valence-corrected chi connectivity index (χ0v) is 8.05. The maximum Gasteiger partial charge on any atom is 0.456 e. The molecule has 0 saturated carbocycles. The number of rotatable bonds is 3. The van der Waals surface area contributed by atoms with Gasteiger partial charge in [0.1, 0.15) is 6.54 Å². The highest BCUT2D eigenvalue weighted by molar-refractivity contribution is 5.98. The minimum atomic E-state index is -4.97. The van der Waals surface area contributed by atoms with Crippen LogP contribution >= 0.6 is 0 Å². The van der Waals surface area contributed by atoms with Crippen molar-refractivity contribution in [3.63, 3.8) is 0 Å². The Morgan fingerprint density at radius 3 is 2.82 bits per heavy atom. The minimum absolute atomic E-state index is 0.0574. The first-order valence-corrected chi connectivity index (χ1v) is 4.24. The second-order valence-electron chi connectivity index (χ2n) is 2.96. The Kier molecular flexibility index (Phi) is 2.61. The molecule has 10 heteroatoms. The van der Waals surface area contributed by atoms with Crippen LogP contribution < -0.4 is 0 Å². The molecule has 0 aliphatic carbocycles. The molecule has 7 nitrogen and oxygen atoms in total. The van der Waals surface area contributed by atoms with E-state index in [0.717, 1.165) is 17.2 Å². The predicted molar refractivity (Wildman–Crippen MR) is 43.8 cm³/mol. The smallest absolute Gasteiger partial charge is 0.338 e. The third-order valence-electron chi connectivity index (χ3n) is 1.73. The highest BCUT2D eigenvalue weighted by Gasteiger charge is 2.41. The topological polar surface area (TPSA) is 86.7 Å². The van der Waals surface area contributed by atoms with Gasteiger partial charge in [-0.3, -0.25) is 4.79 Å². The number of carbonyl (C=O) groups is 1. The quantitative estimate of drug-likeness (QED) is 0.732. The van der Waals surface area contributed by atoms with Crippen molar-refractivity contribution in [2.45, 2.75) is 12.7 Å². The Hall–Kier alpha value is -2.26. The van der Waals surface area contributed by atoms with Crippen LogP contribution in [0, 0.1) is 0 Å². The summed E-state index contributed by atoms with van der Waals surface area (Å²) in [5, 5.41) is 9.77. The van der Waals surface area contributed by atoms with Crippen molar-refractivity contribution in [1.29, 1.82) is 0 Å². The summed E-state index contributed by atoms with van der Waals surface area (Å²) in [4.78, 5) is 14.4. The second-order valence-corrected chi connectivity index (χ2v) is 2.96. The minimum Gasteiger partial charge on any atom is -0.338 e. The van der Waals surface area contributed by atoms with Gasteiger partial charge in [0.15, 0.2) is 12.0 Å². The van der Waals surface area contributed by atoms with Crippen LogP contribution in [0.15, 0.2) is 17.0 Å². The van der Waals surface area contributed by atoms with Crippen LogP contribution in [0.1, 0.15) is 16.4 Å². The van der Waals surface area contributed by atoms with Crippen LogP contribution in [0.4, 0.5) is 13.2 Å². The molecule has 0 atom stereocenters. The van der Waals surface area contributed by atoms with E-state index in [4.69, 9.17) is 0 Å². The molecule has 2 aromatic heterocycles. The van der Waals surface area contributed by atoms with Gasteiger partial charge in [0.2, 0.25) is 5.89 Å². The summed E-state index contributed by atoms with van der Waals surface area (Å²) in [6.07, 6.45) is -2.97. The highest BCUT2D eigenvalue weighted by Crippen LogP contribution is 2.19. The molecule has 2 aromatic rings. The van der Waals surface area contributed by atoms with Gasteiger partial charge in [-0.1, -0.05) is 10.4 Å². The number of hydrogen-bond donors (Lipinski definition) is 0. The molecule has 0 aromatic carbocycles. The molecule has 0 spiro atoms. The van der Waals surface area contributed by atoms with Crippen LogP contribution in [-0.4, -0.2) is 37.1 Å². The molecule has 17 heavy (non-hydrogen) atoms. The average Bonchev–Trinajstić information content (AvgIpc) is 2.87. The SMILES string of the molecule is O=C(c1cn(Cc2ncno2)nn1)C(F)(F)F. The van der Waals surface area contributed by atoms with Crippen molar-refractivity contribution in [3.8, 4) is 0 Å². The molecule has 2 rings (SSSR count). The second kappa shape index (κ2) is 3.96. The van der Waals surface area contributed by atoms with Crippen LogP contribution in [0.3, 0.4) is 0 Å². The van der Waals surface area contributed by atoms with Gasteiger partial charge in [-0.05, 0) is 0 Å². The van der Waals surface area contributed by atoms with Crippen LogP contribution in [-0.2, 0) is 6.54 Å². The third-order valence-corrected chi connectivity index (χ3v) is 1.73. The molecular weight excluding hydrogens is 243 g/mol. The third kappa shape index (κ3) is 2.46. The fourth-order valence-corrected chi connectivity index (χ4v) is 1.03. The van der Waals surface area contributed by atoms with E-state index < -0.39 is 17.7 Å². The summed E-state index contributed by atoms with van der Waals surface area (Å²) >= 11 is 0. The average molecular weight is 247 g/mol. The van der Waals surface area contributed by atoms with E-state index in [9.17, 15) is 18.0 Å². The molecule has 0 unspecified atom stereocenters. The van der Waals surface area contributed by atoms with E-state index in [0.29, 0.717) is 0 Å². The number of ketones is 1. The lowest BCUT2D eigenvalue weighted by Gasteiger charge is -1.99. The zero-order chi connectivity index (χ0) is 12.5. The molecule has 0 aliphatic rings. The van der Waals surface area contributed by atoms with Crippen LogP contribution in [0.25, 0.3) is 0 Å². The van der Waals surface area contributed by atoms with E-state index >= 15 is 0 Å². The van der Waals surface area contributed by atoms with Gasteiger partial charge in [0.25, 0.3) is 5.78 Å².